The zero-order valence-electron chi connectivity index (χ0n) is 15.8. The monoisotopic (exact) mass is 361 g/mol. The van der Waals surface area contributed by atoms with Crippen molar-refractivity contribution in [3.63, 3.8) is 0 Å². The molecule has 7 nitrogen and oxygen atoms in total. The lowest BCUT2D eigenvalue weighted by Crippen LogP contribution is -2.54. The van der Waals surface area contributed by atoms with Crippen molar-refractivity contribution in [2.45, 2.75) is 44.8 Å². The number of hydrogen-bond acceptors (Lipinski definition) is 7. The minimum absolute atomic E-state index is 0.154. The van der Waals surface area contributed by atoms with E-state index in [2.05, 4.69) is 20.8 Å². The van der Waals surface area contributed by atoms with Gasteiger partial charge in [0.25, 0.3) is 0 Å². The highest BCUT2D eigenvalue weighted by Crippen LogP contribution is 2.25. The third kappa shape index (κ3) is 3.94. The molecule has 3 aliphatic rings. The molecule has 1 N–H and O–H groups in total. The van der Waals surface area contributed by atoms with Crippen molar-refractivity contribution in [2.75, 3.05) is 62.3 Å². The predicted octanol–water partition coefficient (Wildman–Crippen LogP) is 1.05. The maximum Gasteiger partial charge on any atom is 0.227 e. The molecular formula is C19H31N5O2. The number of aromatic nitrogens is 2. The Kier molecular flexibility index (Phi) is 5.57. The van der Waals surface area contributed by atoms with Gasteiger partial charge in [-0.05, 0) is 19.8 Å². The van der Waals surface area contributed by atoms with Crippen LogP contribution in [-0.4, -0.2) is 84.6 Å². The van der Waals surface area contributed by atoms with E-state index in [1.807, 2.05) is 6.92 Å². The van der Waals surface area contributed by atoms with E-state index in [-0.39, 0.29) is 6.10 Å². The van der Waals surface area contributed by atoms with Crippen molar-refractivity contribution in [2.24, 2.45) is 0 Å². The summed E-state index contributed by atoms with van der Waals surface area (Å²) in [6, 6.07) is 2.41. The Hall–Kier alpha value is -1.44. The second-order valence-corrected chi connectivity index (χ2v) is 7.71. The van der Waals surface area contributed by atoms with Gasteiger partial charge in [-0.1, -0.05) is 12.8 Å². The fraction of sp³-hybridized carbons (Fsp3) is 0.789. The summed E-state index contributed by atoms with van der Waals surface area (Å²) in [4.78, 5) is 16.6. The van der Waals surface area contributed by atoms with Gasteiger partial charge in [0.2, 0.25) is 5.95 Å². The van der Waals surface area contributed by atoms with Crippen molar-refractivity contribution >= 4 is 11.8 Å². The number of aliphatic hydroxyl groups is 1. The highest BCUT2D eigenvalue weighted by molar-refractivity contribution is 5.46. The molecule has 1 aromatic rings. The first kappa shape index (κ1) is 17.9. The quantitative estimate of drug-likeness (QED) is 0.863. The number of aliphatic hydroxyl groups excluding tert-OH is 1. The maximum atomic E-state index is 10.3. The molecule has 26 heavy (non-hydrogen) atoms. The van der Waals surface area contributed by atoms with E-state index >= 15 is 0 Å². The zero-order chi connectivity index (χ0) is 17.9. The minimum atomic E-state index is -0.154. The number of piperazine rings is 1. The van der Waals surface area contributed by atoms with Crippen LogP contribution in [0.1, 0.15) is 31.4 Å². The molecule has 0 spiro atoms. The van der Waals surface area contributed by atoms with Crippen LogP contribution in [-0.2, 0) is 4.74 Å². The molecular weight excluding hydrogens is 330 g/mol. The normalized spacial score (nSPS) is 28.4. The topological polar surface area (TPSA) is 65.0 Å². The standard InChI is InChI=1S/C19H31N5O2/c1-15-14-18(23-10-12-26-13-11-23)21-19(20-15)24-8-6-22(7-9-24)16-4-2-3-5-17(16)25/h14,16-17,25H,2-13H2,1H3. The Morgan fingerprint density at radius 3 is 2.42 bits per heavy atom. The van der Waals surface area contributed by atoms with Crippen LogP contribution in [0.25, 0.3) is 0 Å². The Labute approximate surface area is 156 Å². The lowest BCUT2D eigenvalue weighted by atomic mass is 9.91. The van der Waals surface area contributed by atoms with Crippen molar-refractivity contribution in [1.82, 2.24) is 14.9 Å². The summed E-state index contributed by atoms with van der Waals surface area (Å²) in [7, 11) is 0. The van der Waals surface area contributed by atoms with Gasteiger partial charge in [0.15, 0.2) is 0 Å². The van der Waals surface area contributed by atoms with E-state index in [4.69, 9.17) is 14.7 Å². The van der Waals surface area contributed by atoms with Gasteiger partial charge in [-0.25, -0.2) is 4.98 Å². The molecule has 0 radical (unpaired) electrons. The number of rotatable bonds is 3. The lowest BCUT2D eigenvalue weighted by molar-refractivity contribution is 0.0172. The molecule has 0 amide bonds. The summed E-state index contributed by atoms with van der Waals surface area (Å²) >= 11 is 0. The highest BCUT2D eigenvalue weighted by atomic mass is 16.5. The van der Waals surface area contributed by atoms with Gasteiger partial charge in [0.1, 0.15) is 5.82 Å². The average molecular weight is 361 g/mol. The second kappa shape index (κ2) is 8.06. The van der Waals surface area contributed by atoms with E-state index in [0.29, 0.717) is 6.04 Å². The maximum absolute atomic E-state index is 10.3. The van der Waals surface area contributed by atoms with Gasteiger partial charge >= 0.3 is 0 Å². The number of morpholine rings is 1. The summed E-state index contributed by atoms with van der Waals surface area (Å²) in [5.74, 6) is 1.86. The number of hydrogen-bond donors (Lipinski definition) is 1. The van der Waals surface area contributed by atoms with E-state index in [9.17, 15) is 5.11 Å². The first-order valence-corrected chi connectivity index (χ1v) is 10.1. The first-order valence-electron chi connectivity index (χ1n) is 10.1. The number of anilines is 2. The fourth-order valence-electron chi connectivity index (χ4n) is 4.40. The van der Waals surface area contributed by atoms with Crippen LogP contribution in [0.5, 0.6) is 0 Å². The van der Waals surface area contributed by atoms with E-state index < -0.39 is 0 Å². The van der Waals surface area contributed by atoms with Crippen molar-refractivity contribution in [1.29, 1.82) is 0 Å². The van der Waals surface area contributed by atoms with Gasteiger partial charge in [0, 0.05) is 57.1 Å². The van der Waals surface area contributed by atoms with Gasteiger partial charge in [-0.15, -0.1) is 0 Å². The van der Waals surface area contributed by atoms with Crippen LogP contribution in [0.4, 0.5) is 11.8 Å². The smallest absolute Gasteiger partial charge is 0.227 e. The molecule has 1 saturated carbocycles. The van der Waals surface area contributed by atoms with Crippen molar-refractivity contribution in [3.05, 3.63) is 11.8 Å². The van der Waals surface area contributed by atoms with Gasteiger partial charge < -0.3 is 19.6 Å². The molecule has 7 heteroatoms. The van der Waals surface area contributed by atoms with E-state index in [1.54, 1.807) is 0 Å². The number of aryl methyl sites for hydroxylation is 1. The summed E-state index contributed by atoms with van der Waals surface area (Å²) < 4.78 is 5.45. The summed E-state index contributed by atoms with van der Waals surface area (Å²) in [5.41, 5.74) is 1.02. The molecule has 4 rings (SSSR count). The predicted molar refractivity (Wildman–Crippen MR) is 102 cm³/mol. The molecule has 2 aliphatic heterocycles. The molecule has 144 valence electrons. The largest absolute Gasteiger partial charge is 0.391 e. The Bertz CT molecular complexity index is 600. The Morgan fingerprint density at radius 1 is 0.962 bits per heavy atom. The Morgan fingerprint density at radius 2 is 1.69 bits per heavy atom. The minimum Gasteiger partial charge on any atom is -0.391 e. The third-order valence-corrected chi connectivity index (χ3v) is 5.92. The second-order valence-electron chi connectivity index (χ2n) is 7.71. The van der Waals surface area contributed by atoms with Crippen LogP contribution in [0, 0.1) is 6.92 Å². The van der Waals surface area contributed by atoms with Crippen LogP contribution in [0.2, 0.25) is 0 Å². The molecule has 1 aliphatic carbocycles. The average Bonchev–Trinajstić information content (AvgIpc) is 2.69. The molecule has 2 atom stereocenters. The molecule has 3 fully saturated rings. The highest BCUT2D eigenvalue weighted by Gasteiger charge is 2.31. The fourth-order valence-corrected chi connectivity index (χ4v) is 4.40. The number of ether oxygens (including phenoxy) is 1. The van der Waals surface area contributed by atoms with Gasteiger partial charge in [0.05, 0.1) is 19.3 Å². The summed E-state index contributed by atoms with van der Waals surface area (Å²) in [5, 5.41) is 10.3. The molecule has 3 heterocycles. The van der Waals surface area contributed by atoms with Gasteiger partial charge in [-0.3, -0.25) is 4.90 Å². The van der Waals surface area contributed by atoms with E-state index in [0.717, 1.165) is 82.8 Å². The van der Waals surface area contributed by atoms with Crippen LogP contribution in [0.15, 0.2) is 6.07 Å². The van der Waals surface area contributed by atoms with Crippen LogP contribution in [0.3, 0.4) is 0 Å². The van der Waals surface area contributed by atoms with Gasteiger partial charge in [-0.2, -0.15) is 4.98 Å². The molecule has 2 saturated heterocycles. The SMILES string of the molecule is Cc1cc(N2CCOCC2)nc(N2CCN(C3CCCCC3O)CC2)n1. The Balaban J connectivity index is 1.41. The van der Waals surface area contributed by atoms with Crippen molar-refractivity contribution in [3.8, 4) is 0 Å². The third-order valence-electron chi connectivity index (χ3n) is 5.92. The lowest BCUT2D eigenvalue weighted by Gasteiger charge is -2.42. The van der Waals surface area contributed by atoms with E-state index in [1.165, 1.54) is 12.8 Å². The first-order chi connectivity index (χ1) is 12.7. The van der Waals surface area contributed by atoms with Crippen LogP contribution >= 0.6 is 0 Å². The summed E-state index contributed by atoms with van der Waals surface area (Å²) in [6.45, 7) is 9.17. The van der Waals surface area contributed by atoms with Crippen molar-refractivity contribution < 1.29 is 9.84 Å². The zero-order valence-corrected chi connectivity index (χ0v) is 15.8. The summed E-state index contributed by atoms with van der Waals surface area (Å²) in [6.07, 6.45) is 4.33. The molecule has 0 bridgehead atoms. The van der Waals surface area contributed by atoms with Crippen LogP contribution < -0.4 is 9.80 Å². The molecule has 0 aromatic carbocycles. The molecule has 2 unspecified atom stereocenters. The number of nitrogens with zero attached hydrogens (tertiary/aromatic N) is 5. The molecule has 1 aromatic heterocycles.